The van der Waals surface area contributed by atoms with Crippen molar-refractivity contribution in [2.45, 2.75) is 5.75 Å². The standard InChI is InChI=1S/C21H16N2OS.BrH/c24-21(25-14-20-22-18-8-4-5-9-19(18)23-20)17-12-10-16(11-13-17)15-6-2-1-3-7-15;/h1-13H,14H2,(H,22,23);1H/p-1. The molecule has 130 valence electrons. The molecule has 0 aliphatic carbocycles. The fourth-order valence-electron chi connectivity index (χ4n) is 2.72. The van der Waals surface area contributed by atoms with Crippen molar-refractivity contribution in [2.75, 3.05) is 0 Å². The van der Waals surface area contributed by atoms with Crippen molar-refractivity contribution in [3.63, 3.8) is 0 Å². The second-order valence-electron chi connectivity index (χ2n) is 5.72. The van der Waals surface area contributed by atoms with Gasteiger partial charge < -0.3 is 22.0 Å². The summed E-state index contributed by atoms with van der Waals surface area (Å²) in [6.07, 6.45) is 0. The van der Waals surface area contributed by atoms with Gasteiger partial charge in [0.2, 0.25) is 5.12 Å². The van der Waals surface area contributed by atoms with Gasteiger partial charge in [-0.05, 0) is 35.4 Å². The van der Waals surface area contributed by atoms with Crippen LogP contribution in [0.25, 0.3) is 22.2 Å². The number of fused-ring (bicyclic) bond motifs is 1. The summed E-state index contributed by atoms with van der Waals surface area (Å²) in [5, 5.41) is 0.0556. The van der Waals surface area contributed by atoms with E-state index in [4.69, 9.17) is 0 Å². The van der Waals surface area contributed by atoms with E-state index < -0.39 is 0 Å². The summed E-state index contributed by atoms with van der Waals surface area (Å²) < 4.78 is 0. The van der Waals surface area contributed by atoms with Crippen LogP contribution in [-0.4, -0.2) is 15.1 Å². The van der Waals surface area contributed by atoms with Crippen LogP contribution in [0.4, 0.5) is 0 Å². The lowest BCUT2D eigenvalue weighted by Crippen LogP contribution is -3.00. The highest BCUT2D eigenvalue weighted by atomic mass is 79.9. The number of H-pyrrole nitrogens is 1. The van der Waals surface area contributed by atoms with Gasteiger partial charge >= 0.3 is 0 Å². The van der Waals surface area contributed by atoms with Crippen LogP contribution in [0, 0.1) is 0 Å². The number of aromatic nitrogens is 2. The Hall–Kier alpha value is -2.37. The molecule has 4 rings (SSSR count). The van der Waals surface area contributed by atoms with Gasteiger partial charge in [-0.3, -0.25) is 4.79 Å². The molecule has 0 amide bonds. The summed E-state index contributed by atoms with van der Waals surface area (Å²) in [7, 11) is 0. The first kappa shape index (κ1) is 18.4. The predicted molar refractivity (Wildman–Crippen MR) is 104 cm³/mol. The molecule has 26 heavy (non-hydrogen) atoms. The van der Waals surface area contributed by atoms with Crippen LogP contribution in [0.15, 0.2) is 78.9 Å². The van der Waals surface area contributed by atoms with E-state index in [-0.39, 0.29) is 22.1 Å². The van der Waals surface area contributed by atoms with Crippen LogP contribution >= 0.6 is 11.8 Å². The molecule has 1 aromatic heterocycles. The molecule has 0 aliphatic rings. The number of hydrogen-bond donors (Lipinski definition) is 1. The van der Waals surface area contributed by atoms with Crippen molar-refractivity contribution in [1.29, 1.82) is 0 Å². The summed E-state index contributed by atoms with van der Waals surface area (Å²) >= 11 is 1.27. The Bertz CT molecular complexity index is 980. The Labute approximate surface area is 166 Å². The Morgan fingerprint density at radius 3 is 2.23 bits per heavy atom. The normalized spacial score (nSPS) is 10.5. The lowest BCUT2D eigenvalue weighted by Gasteiger charge is -2.03. The molecule has 0 radical (unpaired) electrons. The molecular weight excluding hydrogens is 408 g/mol. The molecule has 0 saturated carbocycles. The fourth-order valence-corrected chi connectivity index (χ4v) is 3.43. The van der Waals surface area contributed by atoms with Crippen molar-refractivity contribution in [2.24, 2.45) is 0 Å². The minimum Gasteiger partial charge on any atom is -1.00 e. The van der Waals surface area contributed by atoms with E-state index >= 15 is 0 Å². The number of hydrogen-bond acceptors (Lipinski definition) is 3. The molecule has 1 N–H and O–H groups in total. The second kappa shape index (κ2) is 8.34. The van der Waals surface area contributed by atoms with Crippen LogP contribution in [-0.2, 0) is 5.75 Å². The van der Waals surface area contributed by atoms with Gasteiger partial charge in [0.25, 0.3) is 0 Å². The average Bonchev–Trinajstić information content (AvgIpc) is 3.10. The highest BCUT2D eigenvalue weighted by molar-refractivity contribution is 8.13. The molecule has 3 nitrogen and oxygen atoms in total. The number of rotatable bonds is 4. The highest BCUT2D eigenvalue weighted by Crippen LogP contribution is 2.23. The van der Waals surface area contributed by atoms with Gasteiger partial charge in [0.05, 0.1) is 16.8 Å². The smallest absolute Gasteiger partial charge is 0.219 e. The van der Waals surface area contributed by atoms with Gasteiger partial charge in [-0.1, -0.05) is 66.4 Å². The lowest BCUT2D eigenvalue weighted by molar-refractivity contribution is -0.0000117. The first-order valence-electron chi connectivity index (χ1n) is 8.06. The number of halogens is 1. The lowest BCUT2D eigenvalue weighted by atomic mass is 10.0. The Morgan fingerprint density at radius 1 is 0.846 bits per heavy atom. The van der Waals surface area contributed by atoms with Crippen LogP contribution in [0.2, 0.25) is 0 Å². The van der Waals surface area contributed by atoms with E-state index in [1.807, 2.05) is 66.7 Å². The van der Waals surface area contributed by atoms with Crippen molar-refractivity contribution in [3.8, 4) is 11.1 Å². The Balaban J connectivity index is 0.00000196. The largest absolute Gasteiger partial charge is 1.00 e. The minimum absolute atomic E-state index is 0. The predicted octanol–water partition coefficient (Wildman–Crippen LogP) is 2.31. The molecule has 0 fully saturated rings. The zero-order valence-corrected chi connectivity index (χ0v) is 16.3. The summed E-state index contributed by atoms with van der Waals surface area (Å²) in [6.45, 7) is 0. The number of aromatic amines is 1. The van der Waals surface area contributed by atoms with Gasteiger partial charge in [-0.2, -0.15) is 0 Å². The molecule has 0 atom stereocenters. The molecule has 0 bridgehead atoms. The maximum Gasteiger partial charge on any atom is 0.219 e. The van der Waals surface area contributed by atoms with E-state index in [0.717, 1.165) is 28.0 Å². The number of imidazole rings is 1. The fraction of sp³-hybridized carbons (Fsp3) is 0.0476. The van der Waals surface area contributed by atoms with Crippen LogP contribution in [0.5, 0.6) is 0 Å². The van der Waals surface area contributed by atoms with Crippen molar-refractivity contribution in [1.82, 2.24) is 9.97 Å². The van der Waals surface area contributed by atoms with Crippen molar-refractivity contribution >= 4 is 27.9 Å². The highest BCUT2D eigenvalue weighted by Gasteiger charge is 2.09. The monoisotopic (exact) mass is 423 g/mol. The summed E-state index contributed by atoms with van der Waals surface area (Å²) in [5.41, 5.74) is 4.90. The van der Waals surface area contributed by atoms with Crippen molar-refractivity contribution < 1.29 is 21.8 Å². The van der Waals surface area contributed by atoms with Gasteiger partial charge in [0, 0.05) is 5.56 Å². The number of nitrogens with one attached hydrogen (secondary N) is 1. The number of benzene rings is 3. The van der Waals surface area contributed by atoms with E-state index in [9.17, 15) is 4.79 Å². The van der Waals surface area contributed by atoms with E-state index in [2.05, 4.69) is 22.1 Å². The van der Waals surface area contributed by atoms with Gasteiger partial charge in [0.1, 0.15) is 5.82 Å². The minimum atomic E-state index is 0. The van der Waals surface area contributed by atoms with Gasteiger partial charge in [-0.25, -0.2) is 4.98 Å². The van der Waals surface area contributed by atoms with Crippen molar-refractivity contribution in [3.05, 3.63) is 90.3 Å². The van der Waals surface area contributed by atoms with E-state index in [0.29, 0.717) is 11.3 Å². The third kappa shape index (κ3) is 4.06. The average molecular weight is 424 g/mol. The Morgan fingerprint density at radius 2 is 1.50 bits per heavy atom. The van der Waals surface area contributed by atoms with E-state index in [1.165, 1.54) is 11.8 Å². The second-order valence-corrected chi connectivity index (χ2v) is 6.67. The maximum absolute atomic E-state index is 12.4. The summed E-state index contributed by atoms with van der Waals surface area (Å²) in [5.74, 6) is 1.36. The zero-order chi connectivity index (χ0) is 17.1. The molecule has 1 heterocycles. The maximum atomic E-state index is 12.4. The van der Waals surface area contributed by atoms with Crippen LogP contribution < -0.4 is 17.0 Å². The van der Waals surface area contributed by atoms with Crippen LogP contribution in [0.3, 0.4) is 0 Å². The molecular formula is C21H16BrN2OS-. The summed E-state index contributed by atoms with van der Waals surface area (Å²) in [6, 6.07) is 25.8. The molecule has 5 heteroatoms. The topological polar surface area (TPSA) is 45.8 Å². The molecule has 0 unspecified atom stereocenters. The first-order chi connectivity index (χ1) is 12.3. The SMILES string of the molecule is O=C(SCc1nc2ccccc2[nH]1)c1ccc(-c2ccccc2)cc1.[Br-]. The quantitative estimate of drug-likeness (QED) is 0.547. The number of nitrogens with zero attached hydrogens (tertiary/aromatic N) is 1. The molecule has 4 aromatic rings. The Kier molecular flexibility index (Phi) is 5.91. The molecule has 3 aromatic carbocycles. The first-order valence-corrected chi connectivity index (χ1v) is 9.04. The number of carbonyl (C=O) groups excluding carboxylic acids is 1. The molecule has 0 saturated heterocycles. The number of carbonyl (C=O) groups is 1. The van der Waals surface area contributed by atoms with Crippen LogP contribution in [0.1, 0.15) is 16.2 Å². The van der Waals surface area contributed by atoms with Gasteiger partial charge in [-0.15, -0.1) is 0 Å². The molecule has 0 spiro atoms. The number of para-hydroxylation sites is 2. The van der Waals surface area contributed by atoms with E-state index in [1.54, 1.807) is 0 Å². The summed E-state index contributed by atoms with van der Waals surface area (Å²) in [4.78, 5) is 20.2. The molecule has 0 aliphatic heterocycles. The number of thioether (sulfide) groups is 1. The zero-order valence-electron chi connectivity index (χ0n) is 13.9. The third-order valence-electron chi connectivity index (χ3n) is 4.01. The van der Waals surface area contributed by atoms with Gasteiger partial charge in [0.15, 0.2) is 0 Å². The third-order valence-corrected chi connectivity index (χ3v) is 4.92.